The molecule has 0 saturated heterocycles. The van der Waals surface area contributed by atoms with Crippen molar-refractivity contribution in [3.8, 4) is 0 Å². The van der Waals surface area contributed by atoms with Gasteiger partial charge in [0.15, 0.2) is 5.69 Å². The number of imidazole rings is 1. The Morgan fingerprint density at radius 1 is 1.44 bits per heavy atom. The molecule has 18 heavy (non-hydrogen) atoms. The Hall–Kier alpha value is -0.880. The molecule has 1 aromatic rings. The summed E-state index contributed by atoms with van der Waals surface area (Å²) in [6.45, 7) is 1.81. The van der Waals surface area contributed by atoms with E-state index in [1.54, 1.807) is 7.11 Å². The third-order valence-corrected chi connectivity index (χ3v) is 3.51. The van der Waals surface area contributed by atoms with Crippen LogP contribution in [-0.4, -0.2) is 35.8 Å². The molecule has 6 heteroatoms. The predicted octanol–water partition coefficient (Wildman–Crippen LogP) is 2.18. The smallest absolute Gasteiger partial charge is 0.357 e. The van der Waals surface area contributed by atoms with Crippen molar-refractivity contribution < 1.29 is 14.3 Å². The average molecular weight is 317 g/mol. The van der Waals surface area contributed by atoms with Crippen LogP contribution in [0.3, 0.4) is 0 Å². The van der Waals surface area contributed by atoms with E-state index >= 15 is 0 Å². The molecule has 0 unspecified atom stereocenters. The number of carbonyl (C=O) groups excluding carboxylic acids is 1. The summed E-state index contributed by atoms with van der Waals surface area (Å²) in [4.78, 5) is 16.4. The van der Waals surface area contributed by atoms with Crippen LogP contribution in [0.5, 0.6) is 0 Å². The maximum absolute atomic E-state index is 12.0. The molecule has 0 fully saturated rings. The standard InChI is InChI=1S/C12H17BrN2O3/c1-17-7-4-8-18-12(16)10-11(13)14-9-5-2-3-6-15(9)10/h2-8H2,1H3. The maximum atomic E-state index is 12.0. The van der Waals surface area contributed by atoms with Crippen LogP contribution in [0.4, 0.5) is 0 Å². The monoisotopic (exact) mass is 316 g/mol. The first-order valence-corrected chi connectivity index (χ1v) is 6.94. The van der Waals surface area contributed by atoms with Crippen molar-refractivity contribution in [3.63, 3.8) is 0 Å². The van der Waals surface area contributed by atoms with Crippen LogP contribution in [0.25, 0.3) is 0 Å². The van der Waals surface area contributed by atoms with Crippen molar-refractivity contribution in [2.24, 2.45) is 0 Å². The van der Waals surface area contributed by atoms with Gasteiger partial charge in [-0.2, -0.15) is 0 Å². The summed E-state index contributed by atoms with van der Waals surface area (Å²) in [5.41, 5.74) is 0.544. The van der Waals surface area contributed by atoms with Crippen molar-refractivity contribution >= 4 is 21.9 Å². The number of halogens is 1. The van der Waals surface area contributed by atoms with Gasteiger partial charge in [0, 0.05) is 33.1 Å². The molecular weight excluding hydrogens is 300 g/mol. The highest BCUT2D eigenvalue weighted by Gasteiger charge is 2.24. The molecule has 0 radical (unpaired) electrons. The highest BCUT2D eigenvalue weighted by atomic mass is 79.9. The lowest BCUT2D eigenvalue weighted by molar-refractivity contribution is 0.0453. The zero-order valence-electron chi connectivity index (χ0n) is 10.4. The number of carbonyl (C=O) groups is 1. The number of hydrogen-bond acceptors (Lipinski definition) is 4. The van der Waals surface area contributed by atoms with E-state index in [4.69, 9.17) is 9.47 Å². The molecule has 1 aliphatic rings. The fraction of sp³-hybridized carbons (Fsp3) is 0.667. The molecule has 2 heterocycles. The van der Waals surface area contributed by atoms with Crippen molar-refractivity contribution in [3.05, 3.63) is 16.1 Å². The summed E-state index contributed by atoms with van der Waals surface area (Å²) in [6, 6.07) is 0. The largest absolute Gasteiger partial charge is 0.461 e. The van der Waals surface area contributed by atoms with E-state index in [1.165, 1.54) is 0 Å². The van der Waals surface area contributed by atoms with E-state index in [-0.39, 0.29) is 5.97 Å². The Labute approximate surface area is 115 Å². The SMILES string of the molecule is COCCCOC(=O)c1c(Br)nc2n1CCCC2. The lowest BCUT2D eigenvalue weighted by Gasteiger charge is -2.15. The van der Waals surface area contributed by atoms with Gasteiger partial charge in [-0.15, -0.1) is 0 Å². The number of aryl methyl sites for hydroxylation is 1. The van der Waals surface area contributed by atoms with E-state index < -0.39 is 0 Å². The highest BCUT2D eigenvalue weighted by molar-refractivity contribution is 9.10. The third-order valence-electron chi connectivity index (χ3n) is 2.96. The van der Waals surface area contributed by atoms with E-state index in [0.717, 1.165) is 31.6 Å². The normalized spacial score (nSPS) is 14.3. The average Bonchev–Trinajstić information content (AvgIpc) is 2.70. The van der Waals surface area contributed by atoms with Crippen LogP contribution >= 0.6 is 15.9 Å². The van der Waals surface area contributed by atoms with Crippen molar-refractivity contribution in [2.45, 2.75) is 32.2 Å². The van der Waals surface area contributed by atoms with E-state index in [2.05, 4.69) is 20.9 Å². The molecular formula is C12H17BrN2O3. The molecule has 0 aliphatic carbocycles. The minimum absolute atomic E-state index is 0.307. The second kappa shape index (κ2) is 6.33. The van der Waals surface area contributed by atoms with Crippen LogP contribution in [0.2, 0.25) is 0 Å². The summed E-state index contributed by atoms with van der Waals surface area (Å²) >= 11 is 3.34. The molecule has 0 amide bonds. The number of hydrogen-bond donors (Lipinski definition) is 0. The van der Waals surface area contributed by atoms with Gasteiger partial charge in [-0.25, -0.2) is 9.78 Å². The molecule has 1 aliphatic heterocycles. The van der Waals surface area contributed by atoms with E-state index in [0.29, 0.717) is 29.9 Å². The number of rotatable bonds is 5. The Balaban J connectivity index is 2.03. The summed E-state index contributed by atoms with van der Waals surface area (Å²) in [5, 5.41) is 0. The number of esters is 1. The maximum Gasteiger partial charge on any atom is 0.357 e. The molecule has 0 aromatic carbocycles. The fourth-order valence-corrected chi connectivity index (χ4v) is 2.66. The molecule has 0 N–H and O–H groups in total. The first-order valence-electron chi connectivity index (χ1n) is 6.15. The van der Waals surface area contributed by atoms with Crippen LogP contribution in [0.1, 0.15) is 35.6 Å². The van der Waals surface area contributed by atoms with Crippen LogP contribution in [0.15, 0.2) is 4.60 Å². The Kier molecular flexibility index (Phi) is 4.77. The minimum Gasteiger partial charge on any atom is -0.461 e. The van der Waals surface area contributed by atoms with Crippen LogP contribution in [0, 0.1) is 0 Å². The molecule has 5 nitrogen and oxygen atoms in total. The van der Waals surface area contributed by atoms with Gasteiger partial charge in [-0.3, -0.25) is 0 Å². The predicted molar refractivity (Wildman–Crippen MR) is 69.6 cm³/mol. The van der Waals surface area contributed by atoms with Crippen LogP contribution < -0.4 is 0 Å². The molecule has 0 bridgehead atoms. The zero-order chi connectivity index (χ0) is 13.0. The number of methoxy groups -OCH3 is 1. The van der Waals surface area contributed by atoms with E-state index in [1.807, 2.05) is 4.57 Å². The van der Waals surface area contributed by atoms with Gasteiger partial charge >= 0.3 is 5.97 Å². The molecule has 1 aromatic heterocycles. The van der Waals surface area contributed by atoms with Gasteiger partial charge in [0.25, 0.3) is 0 Å². The first kappa shape index (κ1) is 13.5. The number of aromatic nitrogens is 2. The number of nitrogens with zero attached hydrogens (tertiary/aromatic N) is 2. The number of fused-ring (bicyclic) bond motifs is 1. The van der Waals surface area contributed by atoms with Crippen molar-refractivity contribution in [1.29, 1.82) is 0 Å². The minimum atomic E-state index is -0.307. The second-order valence-corrected chi connectivity index (χ2v) is 5.01. The third kappa shape index (κ3) is 2.92. The quantitative estimate of drug-likeness (QED) is 0.617. The second-order valence-electron chi connectivity index (χ2n) is 4.26. The summed E-state index contributed by atoms with van der Waals surface area (Å²) in [7, 11) is 1.63. The molecule has 2 rings (SSSR count). The summed E-state index contributed by atoms with van der Waals surface area (Å²) < 4.78 is 12.7. The van der Waals surface area contributed by atoms with E-state index in [9.17, 15) is 4.79 Å². The topological polar surface area (TPSA) is 53.4 Å². The van der Waals surface area contributed by atoms with Gasteiger partial charge in [0.05, 0.1) is 6.61 Å². The van der Waals surface area contributed by atoms with Crippen molar-refractivity contribution in [2.75, 3.05) is 20.3 Å². The number of ether oxygens (including phenoxy) is 2. The lowest BCUT2D eigenvalue weighted by Crippen LogP contribution is -2.18. The van der Waals surface area contributed by atoms with Gasteiger partial charge in [-0.05, 0) is 28.8 Å². The Bertz CT molecular complexity index is 431. The highest BCUT2D eigenvalue weighted by Crippen LogP contribution is 2.24. The molecule has 100 valence electrons. The zero-order valence-corrected chi connectivity index (χ0v) is 12.0. The van der Waals surface area contributed by atoms with Gasteiger partial charge < -0.3 is 14.0 Å². The summed E-state index contributed by atoms with van der Waals surface area (Å²) in [5.74, 6) is 0.663. The fourth-order valence-electron chi connectivity index (χ4n) is 2.08. The molecule has 0 atom stereocenters. The Morgan fingerprint density at radius 2 is 2.28 bits per heavy atom. The Morgan fingerprint density at radius 3 is 3.06 bits per heavy atom. The molecule has 0 spiro atoms. The summed E-state index contributed by atoms with van der Waals surface area (Å²) in [6.07, 6.45) is 3.85. The lowest BCUT2D eigenvalue weighted by atomic mass is 10.2. The van der Waals surface area contributed by atoms with Gasteiger partial charge in [0.1, 0.15) is 10.4 Å². The molecule has 0 saturated carbocycles. The van der Waals surface area contributed by atoms with Gasteiger partial charge in [-0.1, -0.05) is 0 Å². The van der Waals surface area contributed by atoms with Crippen LogP contribution in [-0.2, 0) is 22.4 Å². The van der Waals surface area contributed by atoms with Crippen molar-refractivity contribution in [1.82, 2.24) is 9.55 Å². The van der Waals surface area contributed by atoms with Gasteiger partial charge in [0.2, 0.25) is 0 Å². The first-order chi connectivity index (χ1) is 8.74.